The van der Waals surface area contributed by atoms with E-state index >= 15 is 0 Å². The Morgan fingerprint density at radius 2 is 1.92 bits per heavy atom. The van der Waals surface area contributed by atoms with Gasteiger partial charge in [0.25, 0.3) is 0 Å². The van der Waals surface area contributed by atoms with Crippen molar-refractivity contribution in [1.29, 1.82) is 0 Å². The number of phenols is 1. The van der Waals surface area contributed by atoms with Gasteiger partial charge in [0.2, 0.25) is 12.6 Å². The average Bonchev–Trinajstić information content (AvgIpc) is 2.88. The SMILES string of the molecule is C=CC1C2=CCOC(=O)C2=COC1OC1OC(CO)C(O)C(O)C1OC(=O)C=Cc1ccc(O)cc1. The molecule has 1 aromatic rings. The predicted molar refractivity (Wildman–Crippen MR) is 122 cm³/mol. The number of aliphatic hydroxyl groups excluding tert-OH is 3. The Labute approximate surface area is 206 Å². The van der Waals surface area contributed by atoms with Crippen LogP contribution in [0.1, 0.15) is 5.56 Å². The first-order chi connectivity index (χ1) is 17.3. The molecule has 0 bridgehead atoms. The third-order valence-corrected chi connectivity index (χ3v) is 5.92. The summed E-state index contributed by atoms with van der Waals surface area (Å²) in [5, 5.41) is 39.9. The van der Waals surface area contributed by atoms with Gasteiger partial charge in [0.1, 0.15) is 36.9 Å². The maximum absolute atomic E-state index is 12.5. The summed E-state index contributed by atoms with van der Waals surface area (Å²) in [5.74, 6) is -2.00. The number of esters is 2. The van der Waals surface area contributed by atoms with Crippen molar-refractivity contribution in [2.24, 2.45) is 5.92 Å². The summed E-state index contributed by atoms with van der Waals surface area (Å²) in [4.78, 5) is 24.5. The van der Waals surface area contributed by atoms with Gasteiger partial charge in [-0.05, 0) is 35.4 Å². The maximum Gasteiger partial charge on any atom is 0.341 e. The number of aliphatic hydroxyl groups is 3. The van der Waals surface area contributed by atoms with E-state index in [4.69, 9.17) is 23.7 Å². The topological polar surface area (TPSA) is 161 Å². The van der Waals surface area contributed by atoms with Crippen molar-refractivity contribution in [2.75, 3.05) is 13.2 Å². The second kappa shape index (κ2) is 11.1. The lowest BCUT2D eigenvalue weighted by atomic mass is 9.89. The highest BCUT2D eigenvalue weighted by molar-refractivity contribution is 5.94. The van der Waals surface area contributed by atoms with Gasteiger partial charge < -0.3 is 44.1 Å². The lowest BCUT2D eigenvalue weighted by Crippen LogP contribution is -2.61. The van der Waals surface area contributed by atoms with Crippen LogP contribution >= 0.6 is 0 Å². The number of ether oxygens (including phenoxy) is 5. The molecule has 3 heterocycles. The zero-order valence-electron chi connectivity index (χ0n) is 19.0. The molecule has 11 nitrogen and oxygen atoms in total. The maximum atomic E-state index is 12.5. The Balaban J connectivity index is 1.52. The van der Waals surface area contributed by atoms with E-state index in [0.717, 1.165) is 6.08 Å². The average molecular weight is 502 g/mol. The van der Waals surface area contributed by atoms with Crippen LogP contribution in [0.25, 0.3) is 6.08 Å². The molecule has 3 aliphatic rings. The molecule has 7 unspecified atom stereocenters. The van der Waals surface area contributed by atoms with Gasteiger partial charge in [-0.15, -0.1) is 6.58 Å². The van der Waals surface area contributed by atoms with Crippen LogP contribution in [-0.2, 0) is 33.3 Å². The minimum atomic E-state index is -1.66. The zero-order valence-corrected chi connectivity index (χ0v) is 19.0. The molecule has 11 heteroatoms. The van der Waals surface area contributed by atoms with Gasteiger partial charge in [0, 0.05) is 6.08 Å². The molecule has 4 N–H and O–H groups in total. The van der Waals surface area contributed by atoms with Gasteiger partial charge in [-0.1, -0.05) is 18.2 Å². The van der Waals surface area contributed by atoms with Crippen LogP contribution in [0, 0.1) is 5.92 Å². The smallest absolute Gasteiger partial charge is 0.341 e. The molecule has 7 atom stereocenters. The van der Waals surface area contributed by atoms with E-state index in [0.29, 0.717) is 11.1 Å². The highest BCUT2D eigenvalue weighted by Crippen LogP contribution is 2.36. The van der Waals surface area contributed by atoms with Crippen LogP contribution in [0.5, 0.6) is 5.75 Å². The van der Waals surface area contributed by atoms with E-state index < -0.39 is 61.5 Å². The quantitative estimate of drug-likeness (QED) is 0.231. The first-order valence-electron chi connectivity index (χ1n) is 11.1. The van der Waals surface area contributed by atoms with Gasteiger partial charge >= 0.3 is 11.9 Å². The van der Waals surface area contributed by atoms with E-state index in [9.17, 15) is 30.0 Å². The minimum Gasteiger partial charge on any atom is -0.508 e. The molecular weight excluding hydrogens is 476 g/mol. The Kier molecular flexibility index (Phi) is 7.87. The molecule has 0 aliphatic carbocycles. The molecule has 0 radical (unpaired) electrons. The zero-order chi connectivity index (χ0) is 25.8. The minimum absolute atomic E-state index is 0.0631. The molecule has 3 aliphatic heterocycles. The number of hydrogen-bond donors (Lipinski definition) is 4. The van der Waals surface area contributed by atoms with Crippen molar-refractivity contribution in [3.63, 3.8) is 0 Å². The Morgan fingerprint density at radius 1 is 1.17 bits per heavy atom. The number of carbonyl (C=O) groups excluding carboxylic acids is 2. The van der Waals surface area contributed by atoms with Gasteiger partial charge in [-0.2, -0.15) is 0 Å². The fourth-order valence-corrected chi connectivity index (χ4v) is 4.01. The summed E-state index contributed by atoms with van der Waals surface area (Å²) >= 11 is 0. The van der Waals surface area contributed by atoms with Crippen molar-refractivity contribution in [3.8, 4) is 5.75 Å². The van der Waals surface area contributed by atoms with Crippen molar-refractivity contribution in [3.05, 3.63) is 72.0 Å². The van der Waals surface area contributed by atoms with E-state index in [2.05, 4.69) is 6.58 Å². The van der Waals surface area contributed by atoms with Gasteiger partial charge in [0.15, 0.2) is 6.10 Å². The summed E-state index contributed by atoms with van der Waals surface area (Å²) in [5.41, 5.74) is 1.38. The van der Waals surface area contributed by atoms with E-state index in [1.165, 1.54) is 30.5 Å². The number of hydrogen-bond acceptors (Lipinski definition) is 11. The molecule has 1 aromatic carbocycles. The molecule has 0 aromatic heterocycles. The van der Waals surface area contributed by atoms with Crippen LogP contribution in [0.3, 0.4) is 0 Å². The standard InChI is InChI=1S/C25H26O11/c1-2-15-16-9-10-32-23(31)17(16)12-33-24(15)36-25-22(21(30)20(29)18(11-26)34-25)35-19(28)8-5-13-3-6-14(27)7-4-13/h2-9,12,15,18,20-22,24-27,29-30H,1,10-11H2. The highest BCUT2D eigenvalue weighted by Gasteiger charge is 2.49. The van der Waals surface area contributed by atoms with E-state index in [1.54, 1.807) is 18.2 Å². The van der Waals surface area contributed by atoms with Gasteiger partial charge in [0.05, 0.1) is 18.1 Å². The van der Waals surface area contributed by atoms with Crippen LogP contribution in [-0.4, -0.2) is 82.6 Å². The summed E-state index contributed by atoms with van der Waals surface area (Å²) in [6, 6.07) is 6.04. The Hall–Kier alpha value is -3.48. The molecular formula is C25H26O11. The largest absolute Gasteiger partial charge is 0.508 e. The molecule has 0 saturated carbocycles. The number of fused-ring (bicyclic) bond motifs is 1. The van der Waals surface area contributed by atoms with Crippen LogP contribution in [0.2, 0.25) is 0 Å². The lowest BCUT2D eigenvalue weighted by Gasteiger charge is -2.43. The molecule has 1 fully saturated rings. The molecule has 36 heavy (non-hydrogen) atoms. The third-order valence-electron chi connectivity index (χ3n) is 5.92. The number of aromatic hydroxyl groups is 1. The second-order valence-corrected chi connectivity index (χ2v) is 8.22. The first-order valence-corrected chi connectivity index (χ1v) is 11.1. The fourth-order valence-electron chi connectivity index (χ4n) is 4.01. The monoisotopic (exact) mass is 502 g/mol. The molecule has 0 spiro atoms. The highest BCUT2D eigenvalue weighted by atomic mass is 16.8. The van der Waals surface area contributed by atoms with Crippen molar-refractivity contribution >= 4 is 18.0 Å². The Morgan fingerprint density at radius 3 is 2.61 bits per heavy atom. The molecule has 0 amide bonds. The van der Waals surface area contributed by atoms with Crippen molar-refractivity contribution in [2.45, 2.75) is 37.0 Å². The Bertz CT molecular complexity index is 1070. The summed E-state index contributed by atoms with van der Waals surface area (Å²) in [6.45, 7) is 3.19. The predicted octanol–water partition coefficient (Wildman–Crippen LogP) is 0.298. The molecule has 4 rings (SSSR count). The fraction of sp³-hybridized carbons (Fsp3) is 0.360. The first kappa shape index (κ1) is 25.6. The van der Waals surface area contributed by atoms with Gasteiger partial charge in [-0.25, -0.2) is 9.59 Å². The summed E-state index contributed by atoms with van der Waals surface area (Å²) < 4.78 is 27.4. The molecule has 192 valence electrons. The van der Waals surface area contributed by atoms with Crippen LogP contribution < -0.4 is 0 Å². The summed E-state index contributed by atoms with van der Waals surface area (Å²) in [6.07, 6.45) is -1.62. The number of carbonyl (C=O) groups is 2. The number of cyclic esters (lactones) is 1. The van der Waals surface area contributed by atoms with Crippen LogP contribution in [0.4, 0.5) is 0 Å². The summed E-state index contributed by atoms with van der Waals surface area (Å²) in [7, 11) is 0. The van der Waals surface area contributed by atoms with E-state index in [1.807, 2.05) is 0 Å². The van der Waals surface area contributed by atoms with E-state index in [-0.39, 0.29) is 17.9 Å². The number of rotatable bonds is 7. The van der Waals surface area contributed by atoms with Crippen molar-refractivity contribution in [1.82, 2.24) is 0 Å². The number of phenolic OH excluding ortho intramolecular Hbond substituents is 1. The lowest BCUT2D eigenvalue weighted by molar-refractivity contribution is -0.336. The number of benzene rings is 1. The normalized spacial score (nSPS) is 32.0. The van der Waals surface area contributed by atoms with Crippen molar-refractivity contribution < 1.29 is 53.7 Å². The molecule has 1 saturated heterocycles. The second-order valence-electron chi connectivity index (χ2n) is 8.22. The van der Waals surface area contributed by atoms with Gasteiger partial charge in [-0.3, -0.25) is 0 Å². The third kappa shape index (κ3) is 5.35. The van der Waals surface area contributed by atoms with Crippen LogP contribution in [0.15, 0.2) is 66.5 Å².